The summed E-state index contributed by atoms with van der Waals surface area (Å²) in [5.41, 5.74) is 3.61. The molecule has 3 aromatic heterocycles. The van der Waals surface area contributed by atoms with Crippen LogP contribution in [0.2, 0.25) is 0 Å². The number of halogens is 1. The first-order chi connectivity index (χ1) is 12.1. The fourth-order valence-electron chi connectivity index (χ4n) is 3.13. The fraction of sp³-hybridized carbons (Fsp3) is 0.222. The van der Waals surface area contributed by atoms with Gasteiger partial charge in [-0.15, -0.1) is 0 Å². The second-order valence-corrected chi connectivity index (χ2v) is 6.05. The summed E-state index contributed by atoms with van der Waals surface area (Å²) in [6.45, 7) is 1.87. The van der Waals surface area contributed by atoms with Gasteiger partial charge >= 0.3 is 0 Å². The maximum Gasteiger partial charge on any atom is 0.277 e. The predicted octanol–water partition coefficient (Wildman–Crippen LogP) is 2.69. The number of carbonyl (C=O) groups is 1. The minimum atomic E-state index is -0.285. The summed E-state index contributed by atoms with van der Waals surface area (Å²) in [6, 6.07) is 6.85. The van der Waals surface area contributed by atoms with Crippen LogP contribution in [0.4, 0.5) is 10.2 Å². The number of aromatic nitrogens is 4. The van der Waals surface area contributed by atoms with E-state index < -0.39 is 0 Å². The maximum atomic E-state index is 14.0. The molecule has 126 valence electrons. The zero-order valence-corrected chi connectivity index (χ0v) is 13.9. The number of nitrogens with one attached hydrogen (secondary N) is 1. The van der Waals surface area contributed by atoms with Crippen LogP contribution in [0.25, 0.3) is 11.4 Å². The third-order valence-corrected chi connectivity index (χ3v) is 4.45. The minimum absolute atomic E-state index is 0.230. The third-order valence-electron chi connectivity index (χ3n) is 4.45. The van der Waals surface area contributed by atoms with E-state index in [0.717, 1.165) is 11.3 Å². The number of nitrogens with zero attached hydrogens (tertiary/aromatic N) is 4. The number of H-pyrrole nitrogens is 1. The van der Waals surface area contributed by atoms with Crippen molar-refractivity contribution >= 4 is 11.7 Å². The molecule has 3 heterocycles. The van der Waals surface area contributed by atoms with Crippen molar-refractivity contribution in [2.45, 2.75) is 19.8 Å². The van der Waals surface area contributed by atoms with Gasteiger partial charge in [0.15, 0.2) is 0 Å². The Bertz CT molecular complexity index is 981. The Labute approximate surface area is 143 Å². The second kappa shape index (κ2) is 5.77. The average molecular weight is 337 g/mol. The van der Waals surface area contributed by atoms with Gasteiger partial charge in [0.05, 0.1) is 5.69 Å². The molecule has 0 bridgehead atoms. The molecule has 7 heteroatoms. The third kappa shape index (κ3) is 2.48. The highest BCUT2D eigenvalue weighted by Crippen LogP contribution is 2.33. The zero-order valence-electron chi connectivity index (χ0n) is 13.9. The lowest BCUT2D eigenvalue weighted by Crippen LogP contribution is -2.28. The molecule has 0 saturated carbocycles. The highest BCUT2D eigenvalue weighted by Gasteiger charge is 2.29. The first-order valence-electron chi connectivity index (χ1n) is 7.99. The molecular weight excluding hydrogens is 321 g/mol. The van der Waals surface area contributed by atoms with Crippen molar-refractivity contribution < 1.29 is 9.18 Å². The van der Waals surface area contributed by atoms with Crippen LogP contribution in [0.5, 0.6) is 0 Å². The van der Waals surface area contributed by atoms with Crippen molar-refractivity contribution in [2.75, 3.05) is 11.9 Å². The number of fused-ring (bicyclic) bond motifs is 3. The zero-order chi connectivity index (χ0) is 17.6. The first kappa shape index (κ1) is 15.4. The van der Waals surface area contributed by atoms with Gasteiger partial charge in [0, 0.05) is 30.1 Å². The largest absolute Gasteiger partial charge is 0.294 e. The SMILES string of the molecule is Cc1cccc(N(C)C(=O)c2[nH]nc3c2CCc2c(F)ccnc2-3)n1. The van der Waals surface area contributed by atoms with Crippen molar-refractivity contribution in [1.82, 2.24) is 20.2 Å². The Morgan fingerprint density at radius 1 is 1.20 bits per heavy atom. The van der Waals surface area contributed by atoms with Gasteiger partial charge in [0.1, 0.15) is 23.0 Å². The van der Waals surface area contributed by atoms with Crippen LogP contribution in [0.3, 0.4) is 0 Å². The Morgan fingerprint density at radius 3 is 2.80 bits per heavy atom. The van der Waals surface area contributed by atoms with Crippen molar-refractivity contribution in [2.24, 2.45) is 0 Å². The van der Waals surface area contributed by atoms with Gasteiger partial charge in [-0.25, -0.2) is 9.37 Å². The van der Waals surface area contributed by atoms with E-state index in [0.29, 0.717) is 41.3 Å². The molecule has 0 saturated heterocycles. The molecule has 4 rings (SSSR count). The average Bonchev–Trinajstić information content (AvgIpc) is 3.05. The minimum Gasteiger partial charge on any atom is -0.294 e. The Morgan fingerprint density at radius 2 is 2.00 bits per heavy atom. The summed E-state index contributed by atoms with van der Waals surface area (Å²) >= 11 is 0. The summed E-state index contributed by atoms with van der Waals surface area (Å²) in [4.78, 5) is 23.0. The van der Waals surface area contributed by atoms with Crippen LogP contribution in [0.15, 0.2) is 30.5 Å². The van der Waals surface area contributed by atoms with E-state index in [4.69, 9.17) is 0 Å². The van der Waals surface area contributed by atoms with Crippen LogP contribution in [0, 0.1) is 12.7 Å². The highest BCUT2D eigenvalue weighted by atomic mass is 19.1. The number of hydrogen-bond acceptors (Lipinski definition) is 4. The van der Waals surface area contributed by atoms with Gasteiger partial charge < -0.3 is 0 Å². The predicted molar refractivity (Wildman–Crippen MR) is 90.9 cm³/mol. The lowest BCUT2D eigenvalue weighted by atomic mass is 9.92. The number of pyridine rings is 2. The van der Waals surface area contributed by atoms with Gasteiger partial charge in [-0.1, -0.05) is 6.07 Å². The molecule has 6 nitrogen and oxygen atoms in total. The molecule has 0 unspecified atom stereocenters. The normalized spacial score (nSPS) is 12.4. The van der Waals surface area contributed by atoms with Crippen LogP contribution in [-0.4, -0.2) is 33.1 Å². The molecule has 0 atom stereocenters. The van der Waals surface area contributed by atoms with E-state index in [-0.39, 0.29) is 11.7 Å². The molecule has 0 aliphatic heterocycles. The number of aromatic amines is 1. The summed E-state index contributed by atoms with van der Waals surface area (Å²) in [7, 11) is 1.67. The van der Waals surface area contributed by atoms with Crippen molar-refractivity contribution in [3.8, 4) is 11.4 Å². The highest BCUT2D eigenvalue weighted by molar-refractivity contribution is 6.05. The Hall–Kier alpha value is -3.09. The van der Waals surface area contributed by atoms with Gasteiger partial charge in [-0.2, -0.15) is 5.10 Å². The van der Waals surface area contributed by atoms with Crippen LogP contribution >= 0.6 is 0 Å². The van der Waals surface area contributed by atoms with Crippen molar-refractivity contribution in [1.29, 1.82) is 0 Å². The molecule has 1 aliphatic rings. The van der Waals surface area contributed by atoms with E-state index in [1.54, 1.807) is 13.1 Å². The van der Waals surface area contributed by atoms with Gasteiger partial charge in [0.25, 0.3) is 5.91 Å². The second-order valence-electron chi connectivity index (χ2n) is 6.05. The number of aryl methyl sites for hydroxylation is 1. The smallest absolute Gasteiger partial charge is 0.277 e. The van der Waals surface area contributed by atoms with E-state index >= 15 is 0 Å². The molecule has 3 aromatic rings. The monoisotopic (exact) mass is 337 g/mol. The molecule has 1 amide bonds. The van der Waals surface area contributed by atoms with Crippen molar-refractivity contribution in [3.05, 3.63) is 58.8 Å². The summed E-state index contributed by atoms with van der Waals surface area (Å²) in [5.74, 6) is 0.0491. The molecule has 0 aromatic carbocycles. The molecule has 1 aliphatic carbocycles. The van der Waals surface area contributed by atoms with Crippen LogP contribution < -0.4 is 4.90 Å². The lowest BCUT2D eigenvalue weighted by molar-refractivity contribution is 0.0986. The van der Waals surface area contributed by atoms with Crippen LogP contribution in [-0.2, 0) is 12.8 Å². The Balaban J connectivity index is 1.73. The van der Waals surface area contributed by atoms with E-state index in [1.807, 2.05) is 19.1 Å². The Kier molecular flexibility index (Phi) is 3.56. The standard InChI is InChI=1S/C18H16FN5O/c1-10-4-3-5-14(21-10)24(2)18(25)17-12-7-6-11-13(19)8-9-20-15(11)16(12)22-23-17/h3-5,8-9H,6-7H2,1-2H3,(H,22,23). The number of amides is 1. The number of hydrogen-bond donors (Lipinski definition) is 1. The molecule has 0 spiro atoms. The summed E-state index contributed by atoms with van der Waals surface area (Å²) in [6.07, 6.45) is 2.45. The van der Waals surface area contributed by atoms with Crippen LogP contribution in [0.1, 0.15) is 27.3 Å². The van der Waals surface area contributed by atoms with Crippen molar-refractivity contribution in [3.63, 3.8) is 0 Å². The summed E-state index contributed by atoms with van der Waals surface area (Å²) < 4.78 is 14.0. The number of rotatable bonds is 2. The molecule has 0 radical (unpaired) electrons. The fourth-order valence-corrected chi connectivity index (χ4v) is 3.13. The van der Waals surface area contributed by atoms with Gasteiger partial charge in [0.2, 0.25) is 0 Å². The number of carbonyl (C=O) groups excluding carboxylic acids is 1. The van der Waals surface area contributed by atoms with Gasteiger partial charge in [-0.05, 0) is 38.0 Å². The lowest BCUT2D eigenvalue weighted by Gasteiger charge is -2.18. The van der Waals surface area contributed by atoms with Gasteiger partial charge in [-0.3, -0.25) is 19.8 Å². The van der Waals surface area contributed by atoms with E-state index in [2.05, 4.69) is 20.2 Å². The molecule has 1 N–H and O–H groups in total. The molecule has 0 fully saturated rings. The summed E-state index contributed by atoms with van der Waals surface area (Å²) in [5, 5.41) is 7.04. The quantitative estimate of drug-likeness (QED) is 0.780. The number of anilines is 1. The first-order valence-corrected chi connectivity index (χ1v) is 7.99. The van der Waals surface area contributed by atoms with E-state index in [1.165, 1.54) is 17.2 Å². The van der Waals surface area contributed by atoms with E-state index in [9.17, 15) is 9.18 Å². The molecular formula is C18H16FN5O. The maximum absolute atomic E-state index is 14.0. The topological polar surface area (TPSA) is 74.8 Å². The molecule has 25 heavy (non-hydrogen) atoms.